The number of carbonyl (C=O) groups is 1. The molecule has 0 atom stereocenters. The molecule has 0 aliphatic rings. The molecular formula is C9H18O2S2. The Bertz CT molecular complexity index is 147. The first-order valence-electron chi connectivity index (χ1n) is 4.37. The molecule has 0 N–H and O–H groups in total. The van der Waals surface area contributed by atoms with Crippen molar-refractivity contribution in [3.63, 3.8) is 0 Å². The van der Waals surface area contributed by atoms with E-state index >= 15 is 0 Å². The van der Waals surface area contributed by atoms with E-state index in [-0.39, 0.29) is 5.12 Å². The molecule has 0 fully saturated rings. The zero-order chi connectivity index (χ0) is 10.7. The number of thiocarbonyl (C=S) groups is 1. The summed E-state index contributed by atoms with van der Waals surface area (Å²) in [5, 5.41) is 0.694. The molecule has 0 heterocycles. The summed E-state index contributed by atoms with van der Waals surface area (Å²) in [6.45, 7) is 4.03. The van der Waals surface area contributed by atoms with Crippen LogP contribution in [0.1, 0.15) is 39.5 Å². The smallest absolute Gasteiger partial charge is 0.185 e. The maximum absolute atomic E-state index is 9.91. The van der Waals surface area contributed by atoms with Crippen LogP contribution in [0.4, 0.5) is 0 Å². The summed E-state index contributed by atoms with van der Waals surface area (Å²) < 4.78 is 4.72. The van der Waals surface area contributed by atoms with Crippen molar-refractivity contribution >= 4 is 35.0 Å². The number of thiol groups is 1. The lowest BCUT2D eigenvalue weighted by Crippen LogP contribution is -1.93. The quantitative estimate of drug-likeness (QED) is 0.585. The van der Waals surface area contributed by atoms with Crippen LogP contribution in [0.25, 0.3) is 0 Å². The molecule has 0 aromatic carbocycles. The third-order valence-electron chi connectivity index (χ3n) is 1.15. The molecule has 2 nitrogen and oxygen atoms in total. The normalized spacial score (nSPS) is 8.31. The van der Waals surface area contributed by atoms with Gasteiger partial charge in [-0.15, -0.1) is 12.6 Å². The predicted molar refractivity (Wildman–Crippen MR) is 63.4 cm³/mol. The molecular weight excluding hydrogens is 204 g/mol. The van der Waals surface area contributed by atoms with E-state index < -0.39 is 0 Å². The van der Waals surface area contributed by atoms with Gasteiger partial charge in [-0.2, -0.15) is 0 Å². The van der Waals surface area contributed by atoms with Crippen molar-refractivity contribution in [2.45, 2.75) is 39.5 Å². The molecule has 0 rings (SSSR count). The van der Waals surface area contributed by atoms with Crippen molar-refractivity contribution in [2.75, 3.05) is 7.11 Å². The maximum atomic E-state index is 9.91. The average molecular weight is 222 g/mol. The zero-order valence-electron chi connectivity index (χ0n) is 8.50. The van der Waals surface area contributed by atoms with Crippen molar-refractivity contribution in [2.24, 2.45) is 0 Å². The first-order valence-corrected chi connectivity index (χ1v) is 5.22. The number of methoxy groups -OCH3 is 1. The Hall–Kier alpha value is -0.0900. The molecule has 0 aliphatic carbocycles. The monoisotopic (exact) mass is 222 g/mol. The van der Waals surface area contributed by atoms with Gasteiger partial charge in [0.1, 0.15) is 0 Å². The van der Waals surface area contributed by atoms with Gasteiger partial charge in [-0.05, 0) is 25.1 Å². The molecule has 78 valence electrons. The second-order valence-electron chi connectivity index (χ2n) is 2.47. The van der Waals surface area contributed by atoms with E-state index in [1.54, 1.807) is 7.11 Å². The lowest BCUT2D eigenvalue weighted by Gasteiger charge is -1.95. The maximum Gasteiger partial charge on any atom is 0.185 e. The summed E-state index contributed by atoms with van der Waals surface area (Å²) >= 11 is 8.27. The van der Waals surface area contributed by atoms with Gasteiger partial charge in [0.25, 0.3) is 0 Å². The Morgan fingerprint density at radius 3 is 1.85 bits per heavy atom. The molecule has 13 heavy (non-hydrogen) atoms. The van der Waals surface area contributed by atoms with Crippen LogP contribution in [0.15, 0.2) is 0 Å². The van der Waals surface area contributed by atoms with Gasteiger partial charge in [0.15, 0.2) is 10.2 Å². The van der Waals surface area contributed by atoms with Crippen LogP contribution in [0.3, 0.4) is 0 Å². The molecule has 0 aliphatic heterocycles. The number of carbonyl (C=O) groups excluding carboxylic acids is 1. The molecule has 0 aromatic heterocycles. The first-order chi connectivity index (χ1) is 6.08. The van der Waals surface area contributed by atoms with Gasteiger partial charge < -0.3 is 4.74 Å². The SMILES string of the molecule is CCCC(=O)S.CCCC(=S)OC. The fraction of sp³-hybridized carbons (Fsp3) is 0.778. The van der Waals surface area contributed by atoms with Crippen molar-refractivity contribution in [1.29, 1.82) is 0 Å². The largest absolute Gasteiger partial charge is 0.490 e. The Morgan fingerprint density at radius 1 is 1.31 bits per heavy atom. The van der Waals surface area contributed by atoms with Crippen LogP contribution in [0.2, 0.25) is 0 Å². The van der Waals surface area contributed by atoms with Gasteiger partial charge in [-0.1, -0.05) is 13.8 Å². The molecule has 4 heteroatoms. The molecule has 0 aromatic rings. The van der Waals surface area contributed by atoms with E-state index in [4.69, 9.17) is 17.0 Å². The molecule has 0 saturated carbocycles. The lowest BCUT2D eigenvalue weighted by atomic mass is 10.4. The van der Waals surface area contributed by atoms with Gasteiger partial charge in [0, 0.05) is 12.8 Å². The third kappa shape index (κ3) is 18.7. The number of hydrogen-bond acceptors (Lipinski definition) is 3. The van der Waals surface area contributed by atoms with Crippen LogP contribution in [-0.2, 0) is 9.53 Å². The standard InChI is InChI=1S/C5H10OS.C4H8OS/c1-3-4-5(7)6-2;1-2-3-4(5)6/h3-4H2,1-2H3;2-3H2,1H3,(H,5,6). The van der Waals surface area contributed by atoms with E-state index in [1.165, 1.54) is 0 Å². The summed E-state index contributed by atoms with van der Waals surface area (Å²) in [6, 6.07) is 0. The Kier molecular flexibility index (Phi) is 14.1. The zero-order valence-corrected chi connectivity index (χ0v) is 10.2. The second kappa shape index (κ2) is 11.9. The van der Waals surface area contributed by atoms with Gasteiger partial charge >= 0.3 is 0 Å². The van der Waals surface area contributed by atoms with E-state index in [0.29, 0.717) is 11.5 Å². The number of hydrogen-bond donors (Lipinski definition) is 1. The third-order valence-corrected chi connectivity index (χ3v) is 1.74. The number of ether oxygens (including phenoxy) is 1. The van der Waals surface area contributed by atoms with E-state index in [1.807, 2.05) is 6.92 Å². The van der Waals surface area contributed by atoms with E-state index in [0.717, 1.165) is 19.3 Å². The molecule has 0 unspecified atom stereocenters. The van der Waals surface area contributed by atoms with Crippen LogP contribution in [0.5, 0.6) is 0 Å². The summed E-state index contributed by atoms with van der Waals surface area (Å²) in [5.74, 6) is 0. The van der Waals surface area contributed by atoms with Gasteiger partial charge in [0.05, 0.1) is 7.11 Å². The fourth-order valence-corrected chi connectivity index (χ4v) is 0.948. The fourth-order valence-electron chi connectivity index (χ4n) is 0.520. The Balaban J connectivity index is 0. The van der Waals surface area contributed by atoms with Crippen molar-refractivity contribution in [3.05, 3.63) is 0 Å². The second-order valence-corrected chi connectivity index (χ2v) is 3.42. The highest BCUT2D eigenvalue weighted by molar-refractivity contribution is 7.96. The minimum atomic E-state index is -0.0162. The van der Waals surface area contributed by atoms with Crippen molar-refractivity contribution < 1.29 is 9.53 Å². The summed E-state index contributed by atoms with van der Waals surface area (Å²) in [7, 11) is 1.61. The minimum Gasteiger partial charge on any atom is -0.490 e. The van der Waals surface area contributed by atoms with Crippen molar-refractivity contribution in [1.82, 2.24) is 0 Å². The predicted octanol–water partition coefficient (Wildman–Crippen LogP) is 3.00. The van der Waals surface area contributed by atoms with Crippen molar-refractivity contribution in [3.8, 4) is 0 Å². The highest BCUT2D eigenvalue weighted by Gasteiger charge is 1.87. The summed E-state index contributed by atoms with van der Waals surface area (Å²) in [5.41, 5.74) is 0. The highest BCUT2D eigenvalue weighted by Crippen LogP contribution is 1.90. The molecule has 0 spiro atoms. The first kappa shape index (κ1) is 15.4. The highest BCUT2D eigenvalue weighted by atomic mass is 32.1. The minimum absolute atomic E-state index is 0.0162. The lowest BCUT2D eigenvalue weighted by molar-refractivity contribution is -0.110. The number of rotatable bonds is 4. The van der Waals surface area contributed by atoms with E-state index in [9.17, 15) is 4.79 Å². The summed E-state index contributed by atoms with van der Waals surface area (Å²) in [4.78, 5) is 9.91. The van der Waals surface area contributed by atoms with Gasteiger partial charge in [-0.3, -0.25) is 4.79 Å². The Morgan fingerprint density at radius 2 is 1.77 bits per heavy atom. The molecule has 0 bridgehead atoms. The van der Waals surface area contributed by atoms with E-state index in [2.05, 4.69) is 19.6 Å². The molecule has 0 amide bonds. The van der Waals surface area contributed by atoms with Crippen LogP contribution in [0, 0.1) is 0 Å². The van der Waals surface area contributed by atoms with Gasteiger partial charge in [-0.25, -0.2) is 0 Å². The van der Waals surface area contributed by atoms with Gasteiger partial charge in [0.2, 0.25) is 0 Å². The topological polar surface area (TPSA) is 26.3 Å². The molecule has 0 radical (unpaired) electrons. The average Bonchev–Trinajstić information content (AvgIpc) is 2.05. The molecule has 0 saturated heterocycles. The van der Waals surface area contributed by atoms with Crippen LogP contribution >= 0.6 is 24.8 Å². The Labute approximate surface area is 91.5 Å². The van der Waals surface area contributed by atoms with Crippen LogP contribution < -0.4 is 0 Å². The van der Waals surface area contributed by atoms with Crippen LogP contribution in [-0.4, -0.2) is 17.3 Å². The summed E-state index contributed by atoms with van der Waals surface area (Å²) in [6.07, 6.45) is 3.49.